The van der Waals surface area contributed by atoms with Crippen molar-refractivity contribution in [3.05, 3.63) is 70.3 Å². The Morgan fingerprint density at radius 2 is 1.90 bits per heavy atom. The van der Waals surface area contributed by atoms with Gasteiger partial charge in [-0.3, -0.25) is 9.80 Å². The van der Waals surface area contributed by atoms with Crippen LogP contribution in [0.4, 0.5) is 23.4 Å². The van der Waals surface area contributed by atoms with Crippen LogP contribution in [0.2, 0.25) is 0 Å². The molecule has 1 unspecified atom stereocenters. The Kier molecular flexibility index (Phi) is 5.36. The number of alkyl halides is 3. The fourth-order valence-corrected chi connectivity index (χ4v) is 3.57. The van der Waals surface area contributed by atoms with E-state index in [4.69, 9.17) is 5.73 Å². The van der Waals surface area contributed by atoms with E-state index in [1.807, 2.05) is 6.92 Å². The second-order valence-corrected chi connectivity index (χ2v) is 6.97. The van der Waals surface area contributed by atoms with Crippen LogP contribution in [-0.4, -0.2) is 29.0 Å². The van der Waals surface area contributed by atoms with Gasteiger partial charge in [0.1, 0.15) is 11.6 Å². The van der Waals surface area contributed by atoms with Crippen molar-refractivity contribution in [2.75, 3.05) is 12.1 Å². The second kappa shape index (κ2) is 7.47. The number of nitrogens with two attached hydrogens (primary N) is 1. The molecule has 0 bridgehead atoms. The van der Waals surface area contributed by atoms with Crippen LogP contribution in [0.25, 0.3) is 0 Å². The summed E-state index contributed by atoms with van der Waals surface area (Å²) in [6, 6.07) is 5.57. The molecule has 0 aliphatic carbocycles. The number of aromatic nitrogens is 1. The number of carbonyl (C=O) groups excluding carboxylic acids is 1. The van der Waals surface area contributed by atoms with Crippen molar-refractivity contribution in [2.45, 2.75) is 32.5 Å². The lowest BCUT2D eigenvalue weighted by atomic mass is 10.0. The maximum atomic E-state index is 13.7. The van der Waals surface area contributed by atoms with Crippen molar-refractivity contribution < 1.29 is 22.4 Å². The molecule has 2 N–H and O–H groups in total. The largest absolute Gasteiger partial charge is 0.416 e. The summed E-state index contributed by atoms with van der Waals surface area (Å²) >= 11 is 0. The molecule has 29 heavy (non-hydrogen) atoms. The normalized spacial score (nSPS) is 17.9. The molecule has 5 nitrogen and oxygen atoms in total. The highest BCUT2D eigenvalue weighted by molar-refractivity contribution is 5.95. The van der Waals surface area contributed by atoms with Crippen LogP contribution in [0.15, 0.2) is 47.8 Å². The van der Waals surface area contributed by atoms with Gasteiger partial charge in [0.15, 0.2) is 0 Å². The highest BCUT2D eigenvalue weighted by atomic mass is 19.4. The molecule has 1 aliphatic heterocycles. The lowest BCUT2D eigenvalue weighted by Crippen LogP contribution is -2.39. The minimum absolute atomic E-state index is 0.0922. The third kappa shape index (κ3) is 4.09. The van der Waals surface area contributed by atoms with Crippen molar-refractivity contribution in [1.29, 1.82) is 0 Å². The lowest BCUT2D eigenvalue weighted by molar-refractivity contribution is -0.137. The molecule has 0 saturated carbocycles. The SMILES string of the molecule is CC1=C(C(N)=O)C(C)N(C)N1c1cc(Cc2cc(F)cc(C(F)(F)F)c2)ccn1. The Morgan fingerprint density at radius 1 is 1.21 bits per heavy atom. The Labute approximate surface area is 165 Å². The van der Waals surface area contributed by atoms with E-state index in [1.165, 1.54) is 6.20 Å². The van der Waals surface area contributed by atoms with E-state index in [-0.39, 0.29) is 18.0 Å². The summed E-state index contributed by atoms with van der Waals surface area (Å²) in [6.07, 6.45) is -3.01. The van der Waals surface area contributed by atoms with Gasteiger partial charge in [-0.05, 0) is 61.7 Å². The summed E-state index contributed by atoms with van der Waals surface area (Å²) in [5, 5.41) is 3.52. The maximum absolute atomic E-state index is 13.7. The molecule has 2 heterocycles. The Bertz CT molecular complexity index is 987. The molecule has 1 aromatic heterocycles. The first kappa shape index (κ1) is 20.8. The zero-order valence-corrected chi connectivity index (χ0v) is 16.1. The second-order valence-electron chi connectivity index (χ2n) is 6.97. The van der Waals surface area contributed by atoms with E-state index < -0.39 is 23.5 Å². The molecule has 0 fully saturated rings. The Hall–Kier alpha value is -2.94. The molecule has 0 radical (unpaired) electrons. The first-order chi connectivity index (χ1) is 13.5. The van der Waals surface area contributed by atoms with Crippen molar-refractivity contribution >= 4 is 11.7 Å². The van der Waals surface area contributed by atoms with Gasteiger partial charge >= 0.3 is 6.18 Å². The number of pyridine rings is 1. The van der Waals surface area contributed by atoms with Crippen LogP contribution < -0.4 is 10.7 Å². The fraction of sp³-hybridized carbons (Fsp3) is 0.300. The first-order valence-electron chi connectivity index (χ1n) is 8.84. The molecule has 0 saturated heterocycles. The molecule has 154 valence electrons. The summed E-state index contributed by atoms with van der Waals surface area (Å²) in [6.45, 7) is 3.58. The zero-order chi connectivity index (χ0) is 21.5. The van der Waals surface area contributed by atoms with E-state index in [0.717, 1.165) is 12.1 Å². The van der Waals surface area contributed by atoms with Crippen molar-refractivity contribution in [3.8, 4) is 0 Å². The van der Waals surface area contributed by atoms with E-state index in [1.54, 1.807) is 36.1 Å². The van der Waals surface area contributed by atoms with Crippen LogP contribution in [-0.2, 0) is 17.4 Å². The van der Waals surface area contributed by atoms with Gasteiger partial charge in [0, 0.05) is 18.9 Å². The number of primary amides is 1. The molecule has 1 atom stereocenters. The number of nitrogens with zero attached hydrogens (tertiary/aromatic N) is 3. The maximum Gasteiger partial charge on any atom is 0.416 e. The third-order valence-corrected chi connectivity index (χ3v) is 4.99. The van der Waals surface area contributed by atoms with Crippen LogP contribution in [0, 0.1) is 5.82 Å². The van der Waals surface area contributed by atoms with Crippen molar-refractivity contribution in [3.63, 3.8) is 0 Å². The quantitative estimate of drug-likeness (QED) is 0.785. The van der Waals surface area contributed by atoms with Gasteiger partial charge in [-0.25, -0.2) is 14.4 Å². The molecular formula is C20H20F4N4O. The summed E-state index contributed by atoms with van der Waals surface area (Å²) in [5.41, 5.74) is 6.38. The van der Waals surface area contributed by atoms with Gasteiger partial charge in [-0.1, -0.05) is 0 Å². The predicted molar refractivity (Wildman–Crippen MR) is 100 cm³/mol. The highest BCUT2D eigenvalue weighted by Gasteiger charge is 2.36. The first-order valence-corrected chi connectivity index (χ1v) is 8.84. The van der Waals surface area contributed by atoms with E-state index in [9.17, 15) is 22.4 Å². The van der Waals surface area contributed by atoms with E-state index in [2.05, 4.69) is 4.98 Å². The highest BCUT2D eigenvalue weighted by Crippen LogP contribution is 2.33. The number of allylic oxidation sites excluding steroid dienone is 1. The van der Waals surface area contributed by atoms with Crippen LogP contribution in [0.5, 0.6) is 0 Å². The molecule has 9 heteroatoms. The van der Waals surface area contributed by atoms with Gasteiger partial charge < -0.3 is 5.73 Å². The number of hydrogen-bond donors (Lipinski definition) is 1. The van der Waals surface area contributed by atoms with Gasteiger partial charge in [0.2, 0.25) is 5.91 Å². The van der Waals surface area contributed by atoms with E-state index in [0.29, 0.717) is 28.7 Å². The number of carbonyl (C=O) groups is 1. The standard InChI is InChI=1S/C20H20F4N4O/c1-11-18(19(25)29)12(2)28(27(11)3)17-9-13(4-5-26-17)6-14-7-15(20(22,23)24)10-16(21)8-14/h4-5,7-11H,6H2,1-3H3,(H2,25,29). The smallest absolute Gasteiger partial charge is 0.366 e. The average Bonchev–Trinajstić information content (AvgIpc) is 2.83. The van der Waals surface area contributed by atoms with Crippen LogP contribution >= 0.6 is 0 Å². The monoisotopic (exact) mass is 408 g/mol. The Balaban J connectivity index is 1.94. The summed E-state index contributed by atoms with van der Waals surface area (Å²) < 4.78 is 52.5. The number of hydrogen-bond acceptors (Lipinski definition) is 4. The number of benzene rings is 1. The number of anilines is 1. The van der Waals surface area contributed by atoms with E-state index >= 15 is 0 Å². The van der Waals surface area contributed by atoms with Gasteiger partial charge in [0.05, 0.1) is 17.2 Å². The minimum atomic E-state index is -4.62. The zero-order valence-electron chi connectivity index (χ0n) is 16.1. The minimum Gasteiger partial charge on any atom is -0.366 e. The lowest BCUT2D eigenvalue weighted by Gasteiger charge is -2.29. The molecule has 1 aromatic carbocycles. The van der Waals surface area contributed by atoms with Crippen LogP contribution in [0.1, 0.15) is 30.5 Å². The summed E-state index contributed by atoms with van der Waals surface area (Å²) in [7, 11) is 1.78. The molecule has 1 aliphatic rings. The number of rotatable bonds is 4. The predicted octanol–water partition coefficient (Wildman–Crippen LogP) is 3.64. The number of likely N-dealkylation sites (N-methyl/N-ethyl adjacent to an activating group) is 1. The average molecular weight is 408 g/mol. The molecule has 2 aromatic rings. The Morgan fingerprint density at radius 3 is 2.48 bits per heavy atom. The molecule has 3 rings (SSSR count). The molecule has 1 amide bonds. The molecule has 0 spiro atoms. The van der Waals surface area contributed by atoms with Gasteiger partial charge in [-0.2, -0.15) is 13.2 Å². The summed E-state index contributed by atoms with van der Waals surface area (Å²) in [4.78, 5) is 16.1. The van der Waals surface area contributed by atoms with Crippen LogP contribution in [0.3, 0.4) is 0 Å². The molecular weight excluding hydrogens is 388 g/mol. The number of hydrazine groups is 1. The van der Waals surface area contributed by atoms with Crippen molar-refractivity contribution in [1.82, 2.24) is 9.99 Å². The van der Waals surface area contributed by atoms with Gasteiger partial charge in [-0.15, -0.1) is 0 Å². The topological polar surface area (TPSA) is 62.5 Å². The number of amides is 1. The third-order valence-electron chi connectivity index (χ3n) is 4.99. The van der Waals surface area contributed by atoms with Gasteiger partial charge in [0.25, 0.3) is 0 Å². The fourth-order valence-electron chi connectivity index (χ4n) is 3.57. The summed E-state index contributed by atoms with van der Waals surface area (Å²) in [5.74, 6) is -0.986. The number of halogens is 4. The van der Waals surface area contributed by atoms with Crippen molar-refractivity contribution in [2.24, 2.45) is 5.73 Å².